The molecule has 106 valence electrons. The first-order valence-electron chi connectivity index (χ1n) is 7.16. The minimum absolute atomic E-state index is 0.0587. The van der Waals surface area contributed by atoms with Crippen molar-refractivity contribution < 1.29 is 13.9 Å². The van der Waals surface area contributed by atoms with E-state index in [9.17, 15) is 4.79 Å². The number of ether oxygens (including phenoxy) is 1. The zero-order valence-electron chi connectivity index (χ0n) is 11.9. The Labute approximate surface area is 114 Å². The van der Waals surface area contributed by atoms with Crippen molar-refractivity contribution in [2.75, 3.05) is 19.8 Å². The average molecular weight is 265 g/mol. The van der Waals surface area contributed by atoms with Gasteiger partial charge in [0.15, 0.2) is 0 Å². The fourth-order valence-electron chi connectivity index (χ4n) is 2.44. The molecule has 4 nitrogen and oxygen atoms in total. The molecule has 1 amide bonds. The summed E-state index contributed by atoms with van der Waals surface area (Å²) < 4.78 is 11.2. The summed E-state index contributed by atoms with van der Waals surface area (Å²) in [5.74, 6) is 1.93. The summed E-state index contributed by atoms with van der Waals surface area (Å²) in [6.45, 7) is 5.88. The standard InChI is InChI=1S/C15H23NO3/c1-3-4-5-6-15(17)16-9-10-18-11-13(16)14-8-7-12(2)19-14/h7-8,13H,3-6,9-11H2,1-2H3/t13-/m0/s1. The normalized spacial score (nSPS) is 19.7. The van der Waals surface area contributed by atoms with Gasteiger partial charge in [0.2, 0.25) is 5.91 Å². The highest BCUT2D eigenvalue weighted by Crippen LogP contribution is 2.26. The van der Waals surface area contributed by atoms with Crippen molar-refractivity contribution in [1.82, 2.24) is 4.90 Å². The van der Waals surface area contributed by atoms with Crippen molar-refractivity contribution in [1.29, 1.82) is 0 Å². The molecule has 1 fully saturated rings. The van der Waals surface area contributed by atoms with Gasteiger partial charge in [-0.15, -0.1) is 0 Å². The summed E-state index contributed by atoms with van der Waals surface area (Å²) >= 11 is 0. The molecule has 1 atom stereocenters. The third kappa shape index (κ3) is 3.60. The first kappa shape index (κ1) is 14.1. The van der Waals surface area contributed by atoms with Crippen LogP contribution in [0.3, 0.4) is 0 Å². The molecule has 1 aliphatic rings. The molecule has 2 heterocycles. The van der Waals surface area contributed by atoms with Gasteiger partial charge in [-0.2, -0.15) is 0 Å². The second-order valence-electron chi connectivity index (χ2n) is 5.08. The van der Waals surface area contributed by atoms with Crippen molar-refractivity contribution in [2.45, 2.75) is 45.6 Å². The number of hydrogen-bond donors (Lipinski definition) is 0. The minimum Gasteiger partial charge on any atom is -0.464 e. The molecule has 2 rings (SSSR count). The van der Waals surface area contributed by atoms with Crippen LogP contribution < -0.4 is 0 Å². The van der Waals surface area contributed by atoms with Gasteiger partial charge >= 0.3 is 0 Å². The third-order valence-corrected chi connectivity index (χ3v) is 3.53. The smallest absolute Gasteiger partial charge is 0.223 e. The molecule has 0 unspecified atom stereocenters. The molecule has 4 heteroatoms. The van der Waals surface area contributed by atoms with Crippen LogP contribution in [0.4, 0.5) is 0 Å². The average Bonchev–Trinajstić information content (AvgIpc) is 2.85. The summed E-state index contributed by atoms with van der Waals surface area (Å²) in [5, 5.41) is 0. The van der Waals surface area contributed by atoms with Crippen LogP contribution in [0, 0.1) is 6.92 Å². The lowest BCUT2D eigenvalue weighted by Gasteiger charge is -2.34. The maximum absolute atomic E-state index is 12.3. The van der Waals surface area contributed by atoms with E-state index < -0.39 is 0 Å². The molecule has 1 aliphatic heterocycles. The topological polar surface area (TPSA) is 42.7 Å². The molecule has 0 saturated carbocycles. The van der Waals surface area contributed by atoms with Crippen LogP contribution in [-0.2, 0) is 9.53 Å². The van der Waals surface area contributed by atoms with Gasteiger partial charge < -0.3 is 14.1 Å². The van der Waals surface area contributed by atoms with E-state index >= 15 is 0 Å². The van der Waals surface area contributed by atoms with E-state index in [0.29, 0.717) is 26.2 Å². The lowest BCUT2D eigenvalue weighted by Crippen LogP contribution is -2.43. The van der Waals surface area contributed by atoms with Crippen LogP contribution in [0.15, 0.2) is 16.5 Å². The van der Waals surface area contributed by atoms with E-state index in [4.69, 9.17) is 9.15 Å². The van der Waals surface area contributed by atoms with Crippen molar-refractivity contribution in [3.63, 3.8) is 0 Å². The third-order valence-electron chi connectivity index (χ3n) is 3.53. The lowest BCUT2D eigenvalue weighted by atomic mass is 10.1. The van der Waals surface area contributed by atoms with E-state index in [0.717, 1.165) is 30.8 Å². The van der Waals surface area contributed by atoms with Crippen LogP contribution in [0.2, 0.25) is 0 Å². The van der Waals surface area contributed by atoms with Crippen LogP contribution in [0.5, 0.6) is 0 Å². The largest absolute Gasteiger partial charge is 0.464 e. The van der Waals surface area contributed by atoms with Crippen LogP contribution in [-0.4, -0.2) is 30.6 Å². The van der Waals surface area contributed by atoms with Gasteiger partial charge in [-0.05, 0) is 25.5 Å². The van der Waals surface area contributed by atoms with Crippen LogP contribution >= 0.6 is 0 Å². The molecular formula is C15H23NO3. The molecule has 1 saturated heterocycles. The number of furan rings is 1. The van der Waals surface area contributed by atoms with Gasteiger partial charge in [0.1, 0.15) is 17.6 Å². The number of carbonyl (C=O) groups excluding carboxylic acids is 1. The molecular weight excluding hydrogens is 242 g/mol. The Morgan fingerprint density at radius 2 is 2.26 bits per heavy atom. The second kappa shape index (κ2) is 6.75. The fraction of sp³-hybridized carbons (Fsp3) is 0.667. The molecule has 0 radical (unpaired) electrons. The summed E-state index contributed by atoms with van der Waals surface area (Å²) in [6.07, 6.45) is 3.85. The van der Waals surface area contributed by atoms with Gasteiger partial charge in [0, 0.05) is 13.0 Å². The maximum atomic E-state index is 12.3. The van der Waals surface area contributed by atoms with Gasteiger partial charge in [0.25, 0.3) is 0 Å². The van der Waals surface area contributed by atoms with E-state index in [1.807, 2.05) is 24.0 Å². The zero-order valence-corrected chi connectivity index (χ0v) is 11.9. The summed E-state index contributed by atoms with van der Waals surface area (Å²) in [6, 6.07) is 3.82. The number of hydrogen-bond acceptors (Lipinski definition) is 3. The lowest BCUT2D eigenvalue weighted by molar-refractivity contribution is -0.141. The molecule has 19 heavy (non-hydrogen) atoms. The van der Waals surface area contributed by atoms with E-state index in [1.165, 1.54) is 0 Å². The van der Waals surface area contributed by atoms with Gasteiger partial charge in [-0.1, -0.05) is 19.8 Å². The Kier molecular flexibility index (Phi) is 5.02. The van der Waals surface area contributed by atoms with Gasteiger partial charge in [0.05, 0.1) is 13.2 Å². The highest BCUT2D eigenvalue weighted by Gasteiger charge is 2.30. The number of nitrogens with zero attached hydrogens (tertiary/aromatic N) is 1. The van der Waals surface area contributed by atoms with E-state index in [-0.39, 0.29) is 11.9 Å². The Morgan fingerprint density at radius 3 is 2.95 bits per heavy atom. The van der Waals surface area contributed by atoms with Gasteiger partial charge in [-0.3, -0.25) is 4.79 Å². The molecule has 0 aromatic carbocycles. The quantitative estimate of drug-likeness (QED) is 0.768. The maximum Gasteiger partial charge on any atom is 0.223 e. The minimum atomic E-state index is -0.0587. The Bertz CT molecular complexity index is 413. The summed E-state index contributed by atoms with van der Waals surface area (Å²) in [5.41, 5.74) is 0. The van der Waals surface area contributed by atoms with E-state index in [2.05, 4.69) is 6.92 Å². The number of morpholine rings is 1. The van der Waals surface area contributed by atoms with Gasteiger partial charge in [-0.25, -0.2) is 0 Å². The molecule has 0 spiro atoms. The number of aryl methyl sites for hydroxylation is 1. The number of amides is 1. The van der Waals surface area contributed by atoms with Crippen LogP contribution in [0.25, 0.3) is 0 Å². The Morgan fingerprint density at radius 1 is 1.42 bits per heavy atom. The first-order chi connectivity index (χ1) is 9.22. The van der Waals surface area contributed by atoms with Crippen LogP contribution in [0.1, 0.15) is 50.2 Å². The molecule has 1 aromatic heterocycles. The summed E-state index contributed by atoms with van der Waals surface area (Å²) in [4.78, 5) is 14.2. The monoisotopic (exact) mass is 265 g/mol. The van der Waals surface area contributed by atoms with Crippen molar-refractivity contribution in [2.24, 2.45) is 0 Å². The highest BCUT2D eigenvalue weighted by atomic mass is 16.5. The Hall–Kier alpha value is -1.29. The number of rotatable bonds is 5. The fourth-order valence-corrected chi connectivity index (χ4v) is 2.44. The SMILES string of the molecule is CCCCCC(=O)N1CCOC[C@H]1c1ccc(C)o1. The summed E-state index contributed by atoms with van der Waals surface area (Å²) in [7, 11) is 0. The number of carbonyl (C=O) groups is 1. The zero-order chi connectivity index (χ0) is 13.7. The van der Waals surface area contributed by atoms with Crippen molar-refractivity contribution >= 4 is 5.91 Å². The van der Waals surface area contributed by atoms with E-state index in [1.54, 1.807) is 0 Å². The second-order valence-corrected chi connectivity index (χ2v) is 5.08. The highest BCUT2D eigenvalue weighted by molar-refractivity contribution is 5.76. The molecule has 1 aromatic rings. The number of unbranched alkanes of at least 4 members (excludes halogenated alkanes) is 2. The molecule has 0 N–H and O–H groups in total. The Balaban J connectivity index is 2.01. The molecule has 0 aliphatic carbocycles. The molecule has 0 bridgehead atoms. The predicted molar refractivity (Wildman–Crippen MR) is 72.9 cm³/mol. The van der Waals surface area contributed by atoms with Crippen molar-refractivity contribution in [3.8, 4) is 0 Å². The first-order valence-corrected chi connectivity index (χ1v) is 7.16. The predicted octanol–water partition coefficient (Wildman–Crippen LogP) is 3.07. The van der Waals surface area contributed by atoms with Crippen molar-refractivity contribution in [3.05, 3.63) is 23.7 Å².